The highest BCUT2D eigenvalue weighted by atomic mass is 15.3. The predicted octanol–water partition coefficient (Wildman–Crippen LogP) is 10.2. The van der Waals surface area contributed by atoms with Crippen molar-refractivity contribution in [2.45, 2.75) is 205 Å². The molecule has 6 rings (SSSR count). The van der Waals surface area contributed by atoms with Gasteiger partial charge in [-0.1, -0.05) is 66.2 Å². The summed E-state index contributed by atoms with van der Waals surface area (Å²) in [6.07, 6.45) is 32.9. The van der Waals surface area contributed by atoms with E-state index in [1.54, 1.807) is 0 Å². The summed E-state index contributed by atoms with van der Waals surface area (Å²) in [5.41, 5.74) is 0. The highest BCUT2D eigenvalue weighted by molar-refractivity contribution is 5.06. The minimum absolute atomic E-state index is 0.870. The van der Waals surface area contributed by atoms with Gasteiger partial charge in [-0.2, -0.15) is 0 Å². The minimum Gasteiger partial charge on any atom is -0.294 e. The van der Waals surface area contributed by atoms with Crippen LogP contribution in [0, 0.1) is 35.5 Å². The van der Waals surface area contributed by atoms with Crippen LogP contribution in [-0.2, 0) is 0 Å². The van der Waals surface area contributed by atoms with Gasteiger partial charge in [0.2, 0.25) is 0 Å². The summed E-state index contributed by atoms with van der Waals surface area (Å²) >= 11 is 0. The molecule has 6 saturated carbocycles. The molecular weight excluding hydrogens is 484 g/mol. The first-order chi connectivity index (χ1) is 19.5. The fourth-order valence-electron chi connectivity index (χ4n) is 11.8. The molecule has 0 spiro atoms. The summed E-state index contributed by atoms with van der Waals surface area (Å²) in [6.45, 7) is 10.5. The van der Waals surface area contributed by atoms with Gasteiger partial charge < -0.3 is 0 Å². The van der Waals surface area contributed by atoms with Crippen molar-refractivity contribution in [1.82, 2.24) is 9.80 Å². The maximum Gasteiger partial charge on any atom is 0.0158 e. The topological polar surface area (TPSA) is 6.48 Å². The van der Waals surface area contributed by atoms with Crippen molar-refractivity contribution in [1.29, 1.82) is 0 Å². The molecule has 0 radical (unpaired) electrons. The molecule has 6 fully saturated rings. The summed E-state index contributed by atoms with van der Waals surface area (Å²) in [7, 11) is 0. The lowest BCUT2D eigenvalue weighted by molar-refractivity contribution is -0.110. The molecule has 0 aromatic heterocycles. The van der Waals surface area contributed by atoms with Crippen LogP contribution in [0.5, 0.6) is 0 Å². The van der Waals surface area contributed by atoms with Gasteiger partial charge in [-0.3, -0.25) is 9.80 Å². The molecule has 6 unspecified atom stereocenters. The normalized spacial score (nSPS) is 44.5. The van der Waals surface area contributed by atoms with Crippen LogP contribution >= 0.6 is 0 Å². The van der Waals surface area contributed by atoms with E-state index in [9.17, 15) is 0 Å². The third kappa shape index (κ3) is 6.39. The highest BCUT2D eigenvalue weighted by Crippen LogP contribution is 2.52. The van der Waals surface area contributed by atoms with Crippen LogP contribution in [0.25, 0.3) is 0 Å². The molecule has 40 heavy (non-hydrogen) atoms. The van der Waals surface area contributed by atoms with Crippen molar-refractivity contribution in [2.75, 3.05) is 0 Å². The fourth-order valence-corrected chi connectivity index (χ4v) is 11.8. The first-order valence-corrected chi connectivity index (χ1v) is 19.1. The van der Waals surface area contributed by atoms with Crippen LogP contribution < -0.4 is 0 Å². The number of rotatable bonds is 6. The van der Waals surface area contributed by atoms with E-state index in [1.807, 2.05) is 0 Å². The molecule has 230 valence electrons. The Morgan fingerprint density at radius 1 is 0.325 bits per heavy atom. The Kier molecular flexibility index (Phi) is 10.3. The van der Waals surface area contributed by atoms with Crippen LogP contribution in [0.2, 0.25) is 0 Å². The molecule has 6 aliphatic carbocycles. The predicted molar refractivity (Wildman–Crippen MR) is 172 cm³/mol. The maximum absolute atomic E-state index is 3.33. The van der Waals surface area contributed by atoms with Gasteiger partial charge in [0.1, 0.15) is 0 Å². The number of hydrogen-bond donors (Lipinski definition) is 0. The van der Waals surface area contributed by atoms with Crippen molar-refractivity contribution in [3.63, 3.8) is 0 Å². The zero-order valence-electron chi connectivity index (χ0n) is 27.4. The summed E-state index contributed by atoms with van der Waals surface area (Å²) < 4.78 is 0. The molecule has 6 atom stereocenters. The first-order valence-electron chi connectivity index (χ1n) is 19.1. The Bertz CT molecular complexity index is 687. The quantitative estimate of drug-likeness (QED) is 0.323. The molecule has 0 N–H and O–H groups in total. The van der Waals surface area contributed by atoms with Gasteiger partial charge in [0.15, 0.2) is 0 Å². The number of hydrogen-bond acceptors (Lipinski definition) is 2. The van der Waals surface area contributed by atoms with Crippen molar-refractivity contribution < 1.29 is 0 Å². The summed E-state index contributed by atoms with van der Waals surface area (Å²) in [6, 6.07) is 5.30. The maximum atomic E-state index is 3.33. The Balaban J connectivity index is 1.30. The molecule has 0 bridgehead atoms. The average molecular weight is 553 g/mol. The van der Waals surface area contributed by atoms with Crippen LogP contribution in [0.3, 0.4) is 0 Å². The fraction of sp³-hybridized carbons (Fsp3) is 1.00. The van der Waals surface area contributed by atoms with E-state index in [0.29, 0.717) is 0 Å². The molecule has 2 heteroatoms. The average Bonchev–Trinajstić information content (AvgIpc) is 2.98. The van der Waals surface area contributed by atoms with Gasteiger partial charge in [0.05, 0.1) is 0 Å². The van der Waals surface area contributed by atoms with Crippen LogP contribution in [0.15, 0.2) is 0 Å². The standard InChI is InChI=1S/C38H68N2/c1-27-15-21-33(22-16-27)39(31-11-7-5-8-12-31)37-29(3)19-26-36-35(37)25-20-30(4)38(36)40(32-13-9-6-10-14-32)34-23-17-28(2)18-24-34/h27-38H,5-26H2,1-4H3. The van der Waals surface area contributed by atoms with Gasteiger partial charge in [0, 0.05) is 36.3 Å². The van der Waals surface area contributed by atoms with Crippen molar-refractivity contribution in [3.05, 3.63) is 0 Å². The molecule has 0 amide bonds. The Morgan fingerprint density at radius 3 is 1.00 bits per heavy atom. The molecule has 0 aliphatic heterocycles. The molecule has 6 aliphatic rings. The Labute approximate surface area is 250 Å². The number of nitrogens with zero attached hydrogens (tertiary/aromatic N) is 2. The summed E-state index contributed by atoms with van der Waals surface area (Å²) in [5.74, 6) is 5.64. The summed E-state index contributed by atoms with van der Waals surface area (Å²) in [4.78, 5) is 6.65. The van der Waals surface area contributed by atoms with E-state index >= 15 is 0 Å². The number of fused-ring (bicyclic) bond motifs is 1. The lowest BCUT2D eigenvalue weighted by Crippen LogP contribution is -2.64. The molecule has 0 heterocycles. The monoisotopic (exact) mass is 553 g/mol. The first kappa shape index (κ1) is 30.0. The highest BCUT2D eigenvalue weighted by Gasteiger charge is 2.52. The second-order valence-electron chi connectivity index (χ2n) is 16.7. The van der Waals surface area contributed by atoms with E-state index in [-0.39, 0.29) is 0 Å². The second kappa shape index (κ2) is 13.7. The summed E-state index contributed by atoms with van der Waals surface area (Å²) in [5, 5.41) is 0. The minimum atomic E-state index is 0.870. The van der Waals surface area contributed by atoms with Gasteiger partial charge in [-0.05, 0) is 138 Å². The van der Waals surface area contributed by atoms with E-state index in [0.717, 1.165) is 71.8 Å². The van der Waals surface area contributed by atoms with Crippen LogP contribution in [0.1, 0.15) is 169 Å². The van der Waals surface area contributed by atoms with Crippen molar-refractivity contribution in [2.24, 2.45) is 35.5 Å². The SMILES string of the molecule is CC1CCC(N(C2CCCCC2)C2C(C)CCC3C2CCC(C)C3N(C2CCCCC2)C2CCC(C)CC2)CC1. The van der Waals surface area contributed by atoms with E-state index in [2.05, 4.69) is 37.5 Å². The molecule has 0 aromatic rings. The van der Waals surface area contributed by atoms with E-state index in [4.69, 9.17) is 0 Å². The molecule has 2 nitrogen and oxygen atoms in total. The molecule has 0 saturated heterocycles. The zero-order valence-corrected chi connectivity index (χ0v) is 27.4. The van der Waals surface area contributed by atoms with Gasteiger partial charge >= 0.3 is 0 Å². The third-order valence-corrected chi connectivity index (χ3v) is 14.0. The lowest BCUT2D eigenvalue weighted by Gasteiger charge is -2.60. The van der Waals surface area contributed by atoms with Crippen LogP contribution in [-0.4, -0.2) is 46.1 Å². The van der Waals surface area contributed by atoms with Gasteiger partial charge in [-0.25, -0.2) is 0 Å². The third-order valence-electron chi connectivity index (χ3n) is 14.0. The molecular formula is C38H68N2. The second-order valence-corrected chi connectivity index (χ2v) is 16.7. The lowest BCUT2D eigenvalue weighted by atomic mass is 9.58. The smallest absolute Gasteiger partial charge is 0.0158 e. The van der Waals surface area contributed by atoms with Gasteiger partial charge in [-0.15, -0.1) is 0 Å². The van der Waals surface area contributed by atoms with Gasteiger partial charge in [0.25, 0.3) is 0 Å². The van der Waals surface area contributed by atoms with Crippen LogP contribution in [0.4, 0.5) is 0 Å². The Hall–Kier alpha value is -0.0800. The Morgan fingerprint density at radius 2 is 0.650 bits per heavy atom. The van der Waals surface area contributed by atoms with E-state index in [1.165, 1.54) is 141 Å². The zero-order chi connectivity index (χ0) is 27.6. The van der Waals surface area contributed by atoms with E-state index < -0.39 is 0 Å². The largest absolute Gasteiger partial charge is 0.294 e. The van der Waals surface area contributed by atoms with Crippen molar-refractivity contribution in [3.8, 4) is 0 Å². The molecule has 0 aromatic carbocycles. The van der Waals surface area contributed by atoms with Crippen molar-refractivity contribution >= 4 is 0 Å².